The zero-order valence-corrected chi connectivity index (χ0v) is 27.5. The molecule has 250 valence electrons. The van der Waals surface area contributed by atoms with Crippen molar-refractivity contribution in [2.45, 2.75) is 62.2 Å². The van der Waals surface area contributed by atoms with Crippen molar-refractivity contribution >= 4 is 50.8 Å². The molecule has 2 aliphatic heterocycles. The third kappa shape index (κ3) is 7.18. The average molecular weight is 711 g/mol. The van der Waals surface area contributed by atoms with Crippen molar-refractivity contribution in [1.82, 2.24) is 9.29 Å². The number of amides is 1. The average Bonchev–Trinajstić information content (AvgIpc) is 3.63. The molecular formula is C32H31Cl2F2N3O7S. The summed E-state index contributed by atoms with van der Waals surface area (Å²) in [5.74, 6) is -0.768. The highest BCUT2D eigenvalue weighted by Crippen LogP contribution is 2.39. The van der Waals surface area contributed by atoms with Gasteiger partial charge in [0.05, 0.1) is 28.0 Å². The lowest BCUT2D eigenvalue weighted by Gasteiger charge is -2.26. The second-order valence-corrected chi connectivity index (χ2v) is 14.4. The van der Waals surface area contributed by atoms with Crippen molar-refractivity contribution in [3.05, 3.63) is 75.5 Å². The minimum absolute atomic E-state index is 0.0296. The van der Waals surface area contributed by atoms with Gasteiger partial charge in [-0.1, -0.05) is 29.3 Å². The van der Waals surface area contributed by atoms with E-state index in [1.54, 1.807) is 13.1 Å². The van der Waals surface area contributed by atoms with E-state index in [9.17, 15) is 26.8 Å². The Morgan fingerprint density at radius 2 is 1.81 bits per heavy atom. The molecule has 1 saturated heterocycles. The quantitative estimate of drug-likeness (QED) is 0.211. The van der Waals surface area contributed by atoms with Crippen LogP contribution in [0.25, 0.3) is 0 Å². The summed E-state index contributed by atoms with van der Waals surface area (Å²) in [6, 6.07) is 7.57. The Balaban J connectivity index is 1.30. The van der Waals surface area contributed by atoms with Crippen LogP contribution in [0.1, 0.15) is 48.5 Å². The molecule has 1 saturated carbocycles. The third-order valence-corrected chi connectivity index (χ3v) is 11.1. The topological polar surface area (TPSA) is 115 Å². The highest BCUT2D eigenvalue weighted by atomic mass is 35.5. The second-order valence-electron chi connectivity index (χ2n) is 11.7. The van der Waals surface area contributed by atoms with E-state index in [-0.39, 0.29) is 58.2 Å². The second kappa shape index (κ2) is 13.5. The van der Waals surface area contributed by atoms with Crippen molar-refractivity contribution < 1.29 is 41.0 Å². The number of halogens is 4. The minimum atomic E-state index is -4.15. The van der Waals surface area contributed by atoms with Crippen LogP contribution in [0.5, 0.6) is 11.5 Å². The van der Waals surface area contributed by atoms with Gasteiger partial charge in [-0.3, -0.25) is 14.6 Å². The van der Waals surface area contributed by atoms with Crippen LogP contribution in [0.3, 0.4) is 0 Å². The number of likely N-dealkylation sites (N-methyl/N-ethyl adjacent to an activating group) is 1. The Labute approximate surface area is 280 Å². The smallest absolute Gasteiger partial charge is 0.387 e. The van der Waals surface area contributed by atoms with Crippen LogP contribution in [-0.4, -0.2) is 62.4 Å². The number of ether oxygens (including phenoxy) is 3. The summed E-state index contributed by atoms with van der Waals surface area (Å²) >= 11 is 12.8. The fraction of sp³-hybridized carbons (Fsp3) is 0.406. The van der Waals surface area contributed by atoms with Crippen LogP contribution in [0.4, 0.5) is 14.5 Å². The molecule has 3 aliphatic rings. The molecule has 3 heterocycles. The summed E-state index contributed by atoms with van der Waals surface area (Å²) in [6.45, 7) is -2.70. The fourth-order valence-electron chi connectivity index (χ4n) is 5.79. The lowest BCUT2D eigenvalue weighted by molar-refractivity contribution is -0.153. The highest BCUT2D eigenvalue weighted by molar-refractivity contribution is 7.89. The Bertz CT molecular complexity index is 1790. The van der Waals surface area contributed by atoms with Crippen LogP contribution in [-0.2, 0) is 37.2 Å². The predicted octanol–water partition coefficient (Wildman–Crippen LogP) is 5.98. The number of sulfonamides is 1. The molecule has 1 aliphatic carbocycles. The van der Waals surface area contributed by atoms with Gasteiger partial charge in [-0.15, -0.1) is 0 Å². The van der Waals surface area contributed by atoms with E-state index in [2.05, 4.69) is 9.72 Å². The molecule has 2 atom stereocenters. The van der Waals surface area contributed by atoms with Crippen molar-refractivity contribution in [3.8, 4) is 11.5 Å². The molecule has 0 radical (unpaired) electrons. The van der Waals surface area contributed by atoms with Gasteiger partial charge in [-0.05, 0) is 78.6 Å². The summed E-state index contributed by atoms with van der Waals surface area (Å²) in [5, 5.41) is 0.430. The van der Waals surface area contributed by atoms with E-state index >= 15 is 0 Å². The van der Waals surface area contributed by atoms with Crippen LogP contribution < -0.4 is 14.4 Å². The number of carbonyl (C=O) groups excluding carboxylic acids is 2. The molecule has 0 bridgehead atoms. The van der Waals surface area contributed by atoms with Crippen molar-refractivity contribution in [3.63, 3.8) is 0 Å². The number of rotatable bonds is 12. The van der Waals surface area contributed by atoms with Crippen molar-refractivity contribution in [2.24, 2.45) is 5.92 Å². The first-order valence-electron chi connectivity index (χ1n) is 15.0. The molecule has 1 aromatic heterocycles. The minimum Gasteiger partial charge on any atom is -0.489 e. The maximum atomic E-state index is 13.9. The van der Waals surface area contributed by atoms with Crippen molar-refractivity contribution in [2.75, 3.05) is 25.1 Å². The Morgan fingerprint density at radius 1 is 1.06 bits per heavy atom. The maximum absolute atomic E-state index is 13.9. The van der Waals surface area contributed by atoms with Gasteiger partial charge in [0.25, 0.3) is 0 Å². The SMILES string of the molecule is CN1C(=O)Cc2cc(S(=O)(=O)N3CCCC3C(=O)OC(Cc3c(Cl)cncc3Cl)c3ccc(OC(F)F)c(OCC4CC4)c3)ccc21. The molecule has 2 unspecified atom stereocenters. The van der Waals surface area contributed by atoms with Crippen LogP contribution in [0.2, 0.25) is 10.0 Å². The Morgan fingerprint density at radius 3 is 2.51 bits per heavy atom. The first-order chi connectivity index (χ1) is 22.4. The predicted molar refractivity (Wildman–Crippen MR) is 169 cm³/mol. The van der Waals surface area contributed by atoms with Gasteiger partial charge in [-0.25, -0.2) is 8.42 Å². The van der Waals surface area contributed by atoms with Gasteiger partial charge in [0.1, 0.15) is 12.1 Å². The van der Waals surface area contributed by atoms with Crippen LogP contribution in [0, 0.1) is 5.92 Å². The summed E-state index contributed by atoms with van der Waals surface area (Å²) < 4.78 is 71.7. The molecular weight excluding hydrogens is 679 g/mol. The number of fused-ring (bicyclic) bond motifs is 1. The van der Waals surface area contributed by atoms with Crippen LogP contribution >= 0.6 is 23.2 Å². The number of carbonyl (C=O) groups is 2. The number of benzene rings is 2. The lowest BCUT2D eigenvalue weighted by Crippen LogP contribution is -2.41. The van der Waals surface area contributed by atoms with Crippen LogP contribution in [0.15, 0.2) is 53.7 Å². The molecule has 10 nitrogen and oxygen atoms in total. The third-order valence-electron chi connectivity index (χ3n) is 8.54. The number of pyridine rings is 1. The molecule has 6 rings (SSSR count). The Kier molecular flexibility index (Phi) is 9.62. The Hall–Kier alpha value is -3.52. The van der Waals surface area contributed by atoms with E-state index in [0.29, 0.717) is 41.3 Å². The maximum Gasteiger partial charge on any atom is 0.387 e. The van der Waals surface area contributed by atoms with Gasteiger partial charge >= 0.3 is 12.6 Å². The van der Waals surface area contributed by atoms with E-state index in [4.69, 9.17) is 32.7 Å². The summed E-state index contributed by atoms with van der Waals surface area (Å²) in [4.78, 5) is 31.4. The molecule has 2 fully saturated rings. The van der Waals surface area contributed by atoms with Crippen molar-refractivity contribution in [1.29, 1.82) is 0 Å². The highest BCUT2D eigenvalue weighted by Gasteiger charge is 2.42. The number of alkyl halides is 2. The number of hydrogen-bond donors (Lipinski definition) is 0. The van der Waals surface area contributed by atoms with E-state index in [0.717, 1.165) is 17.1 Å². The number of esters is 1. The molecule has 2 aromatic carbocycles. The fourth-order valence-corrected chi connectivity index (χ4v) is 8.01. The normalized spacial score (nSPS) is 18.8. The zero-order valence-electron chi connectivity index (χ0n) is 25.2. The van der Waals surface area contributed by atoms with Gasteiger partial charge in [0, 0.05) is 38.1 Å². The van der Waals surface area contributed by atoms with E-state index in [1.165, 1.54) is 47.6 Å². The standard InChI is InChI=1S/C32H31Cl2F2N3O7S/c1-38-25-8-7-21(11-20(25)13-30(38)40)47(42,43)39-10-2-3-26(39)31(41)45-28(14-22-23(33)15-37-16-24(22)34)19-6-9-27(46-32(35)36)29(12-19)44-17-18-4-5-18/h6-9,11-12,15-16,18,26,28,32H,2-5,10,13-14,17H2,1H3. The molecule has 15 heteroatoms. The summed E-state index contributed by atoms with van der Waals surface area (Å²) in [6.07, 6.45) is 4.30. The molecule has 3 aromatic rings. The number of anilines is 1. The molecule has 47 heavy (non-hydrogen) atoms. The first-order valence-corrected chi connectivity index (χ1v) is 17.2. The van der Waals surface area contributed by atoms with Gasteiger partial charge in [0.2, 0.25) is 15.9 Å². The number of hydrogen-bond acceptors (Lipinski definition) is 8. The first kappa shape index (κ1) is 33.4. The summed E-state index contributed by atoms with van der Waals surface area (Å²) in [5.41, 5.74) is 2.01. The van der Waals surface area contributed by atoms with Gasteiger partial charge in [0.15, 0.2) is 11.5 Å². The lowest BCUT2D eigenvalue weighted by atomic mass is 10.0. The van der Waals surface area contributed by atoms with E-state index < -0.39 is 34.7 Å². The molecule has 0 spiro atoms. The molecule has 1 amide bonds. The molecule has 0 N–H and O–H groups in total. The number of aromatic nitrogens is 1. The monoisotopic (exact) mass is 709 g/mol. The number of nitrogens with zero attached hydrogens (tertiary/aromatic N) is 3. The largest absolute Gasteiger partial charge is 0.489 e. The summed E-state index contributed by atoms with van der Waals surface area (Å²) in [7, 11) is -2.53. The zero-order chi connectivity index (χ0) is 33.5. The van der Waals surface area contributed by atoms with Gasteiger partial charge < -0.3 is 19.1 Å². The van der Waals surface area contributed by atoms with E-state index in [1.807, 2.05) is 0 Å². The van der Waals surface area contributed by atoms with Gasteiger partial charge in [-0.2, -0.15) is 13.1 Å².